The maximum Gasteiger partial charge on any atom is 0.261 e. The van der Waals surface area contributed by atoms with E-state index in [1.165, 1.54) is 18.5 Å². The summed E-state index contributed by atoms with van der Waals surface area (Å²) >= 11 is 6.04. The molecule has 0 bridgehead atoms. The molecule has 152 valence electrons. The van der Waals surface area contributed by atoms with Crippen LogP contribution in [0.15, 0.2) is 78.2 Å². The number of halogens is 1. The number of aryl methyl sites for hydroxylation is 1. The van der Waals surface area contributed by atoms with Crippen LogP contribution in [0.25, 0.3) is 5.82 Å². The lowest BCUT2D eigenvalue weighted by molar-refractivity contribution is 0.460. The van der Waals surface area contributed by atoms with Gasteiger partial charge < -0.3 is 4.74 Å². The molecule has 0 aliphatic rings. The predicted molar refractivity (Wildman–Crippen MR) is 113 cm³/mol. The van der Waals surface area contributed by atoms with Crippen molar-refractivity contribution in [3.05, 3.63) is 83.9 Å². The molecule has 30 heavy (non-hydrogen) atoms. The molecule has 0 unspecified atom stereocenters. The Bertz CT molecular complexity index is 1280. The van der Waals surface area contributed by atoms with Crippen molar-refractivity contribution in [3.8, 4) is 17.4 Å². The van der Waals surface area contributed by atoms with Crippen LogP contribution in [-0.2, 0) is 10.0 Å². The normalized spacial score (nSPS) is 11.3. The maximum atomic E-state index is 12.6. The van der Waals surface area contributed by atoms with E-state index >= 15 is 0 Å². The lowest BCUT2D eigenvalue weighted by atomic mass is 10.2. The van der Waals surface area contributed by atoms with Crippen LogP contribution in [0.4, 0.5) is 5.69 Å². The highest BCUT2D eigenvalue weighted by Gasteiger charge is 2.15. The molecule has 0 aliphatic heterocycles. The van der Waals surface area contributed by atoms with Gasteiger partial charge in [-0.25, -0.2) is 23.1 Å². The highest BCUT2D eigenvalue weighted by atomic mass is 35.5. The van der Waals surface area contributed by atoms with Gasteiger partial charge in [0.25, 0.3) is 10.0 Å². The first-order valence-electron chi connectivity index (χ1n) is 8.80. The molecule has 4 rings (SSSR count). The van der Waals surface area contributed by atoms with Crippen molar-refractivity contribution in [1.29, 1.82) is 0 Å². The van der Waals surface area contributed by atoms with Crippen LogP contribution < -0.4 is 9.46 Å². The second-order valence-electron chi connectivity index (χ2n) is 6.31. The fourth-order valence-corrected chi connectivity index (χ4v) is 3.91. The molecule has 0 amide bonds. The lowest BCUT2D eigenvalue weighted by Crippen LogP contribution is -2.12. The summed E-state index contributed by atoms with van der Waals surface area (Å²) in [6, 6.07) is 14.5. The third kappa shape index (κ3) is 4.42. The fraction of sp³-hybridized carbons (Fsp3) is 0.0500. The number of aromatic nitrogens is 4. The number of ether oxygens (including phenoxy) is 1. The minimum atomic E-state index is -3.76. The van der Waals surface area contributed by atoms with E-state index in [-0.39, 0.29) is 4.90 Å². The minimum absolute atomic E-state index is 0.0885. The van der Waals surface area contributed by atoms with Gasteiger partial charge in [0.15, 0.2) is 5.82 Å². The zero-order valence-corrected chi connectivity index (χ0v) is 17.3. The van der Waals surface area contributed by atoms with Gasteiger partial charge in [0.05, 0.1) is 4.90 Å². The fourth-order valence-electron chi connectivity index (χ4n) is 2.58. The molecule has 0 saturated heterocycles. The largest absolute Gasteiger partial charge is 0.439 e. The quantitative estimate of drug-likeness (QED) is 0.481. The molecule has 0 aliphatic carbocycles. The number of nitrogens with zero attached hydrogens (tertiary/aromatic N) is 4. The van der Waals surface area contributed by atoms with Gasteiger partial charge in [-0.05, 0) is 55.0 Å². The van der Waals surface area contributed by atoms with Crippen molar-refractivity contribution in [2.45, 2.75) is 11.8 Å². The van der Waals surface area contributed by atoms with Crippen molar-refractivity contribution in [2.24, 2.45) is 0 Å². The molecule has 0 spiro atoms. The van der Waals surface area contributed by atoms with Crippen LogP contribution in [0.2, 0.25) is 5.02 Å². The Hall–Kier alpha value is -3.43. The first kappa shape index (κ1) is 19.9. The van der Waals surface area contributed by atoms with E-state index in [0.717, 1.165) is 5.56 Å². The van der Waals surface area contributed by atoms with Gasteiger partial charge in [0.2, 0.25) is 5.88 Å². The van der Waals surface area contributed by atoms with E-state index in [0.29, 0.717) is 28.2 Å². The molecule has 0 radical (unpaired) electrons. The van der Waals surface area contributed by atoms with Gasteiger partial charge in [-0.2, -0.15) is 5.10 Å². The molecule has 2 aromatic carbocycles. The lowest BCUT2D eigenvalue weighted by Gasteiger charge is -2.10. The van der Waals surface area contributed by atoms with Crippen molar-refractivity contribution in [3.63, 3.8) is 0 Å². The zero-order valence-electron chi connectivity index (χ0n) is 15.7. The van der Waals surface area contributed by atoms with E-state index in [1.54, 1.807) is 66.5 Å². The summed E-state index contributed by atoms with van der Waals surface area (Å²) in [5, 5.41) is 4.50. The minimum Gasteiger partial charge on any atom is -0.439 e. The standard InChI is InChI=1S/C20H16ClN5O3S/c1-14-3-8-17(11-18(14)21)30(27,28)25-15-4-6-16(7-5-15)29-20-12-19(22-13-23-20)26-10-2-9-24-26/h2-13,25H,1H3. The number of sulfonamides is 1. The Balaban J connectivity index is 1.48. The van der Waals surface area contributed by atoms with Crippen molar-refractivity contribution < 1.29 is 13.2 Å². The first-order chi connectivity index (χ1) is 14.4. The van der Waals surface area contributed by atoms with Gasteiger partial charge in [-0.15, -0.1) is 0 Å². The molecular formula is C20H16ClN5O3S. The average molecular weight is 442 g/mol. The molecule has 2 heterocycles. The van der Waals surface area contributed by atoms with Gasteiger partial charge in [0, 0.05) is 29.2 Å². The summed E-state index contributed by atoms with van der Waals surface area (Å²) in [5.74, 6) is 1.38. The maximum absolute atomic E-state index is 12.6. The van der Waals surface area contributed by atoms with Crippen LogP contribution in [0.5, 0.6) is 11.6 Å². The van der Waals surface area contributed by atoms with Gasteiger partial charge >= 0.3 is 0 Å². The second kappa shape index (κ2) is 8.13. The number of benzene rings is 2. The molecule has 0 atom stereocenters. The first-order valence-corrected chi connectivity index (χ1v) is 10.7. The third-order valence-electron chi connectivity index (χ3n) is 4.15. The topological polar surface area (TPSA) is 99.0 Å². The third-order valence-corrected chi connectivity index (χ3v) is 5.94. The van der Waals surface area contributed by atoms with Gasteiger partial charge in [-0.1, -0.05) is 17.7 Å². The van der Waals surface area contributed by atoms with Gasteiger partial charge in [0.1, 0.15) is 12.1 Å². The molecule has 0 fully saturated rings. The van der Waals surface area contributed by atoms with Crippen LogP contribution in [-0.4, -0.2) is 28.2 Å². The molecule has 1 N–H and O–H groups in total. The second-order valence-corrected chi connectivity index (χ2v) is 8.40. The Labute approximate surface area is 178 Å². The van der Waals surface area contributed by atoms with Gasteiger partial charge in [-0.3, -0.25) is 4.72 Å². The molecule has 10 heteroatoms. The monoisotopic (exact) mass is 441 g/mol. The summed E-state index contributed by atoms with van der Waals surface area (Å²) in [6.07, 6.45) is 4.78. The van der Waals surface area contributed by atoms with E-state index in [1.807, 2.05) is 0 Å². The summed E-state index contributed by atoms with van der Waals surface area (Å²) < 4.78 is 35.0. The molecule has 4 aromatic rings. The summed E-state index contributed by atoms with van der Waals surface area (Å²) in [4.78, 5) is 8.31. The van der Waals surface area contributed by atoms with Crippen LogP contribution in [0.1, 0.15) is 5.56 Å². The van der Waals surface area contributed by atoms with E-state index in [9.17, 15) is 8.42 Å². The number of rotatable bonds is 6. The Morgan fingerprint density at radius 2 is 1.87 bits per heavy atom. The molecule has 2 aromatic heterocycles. The average Bonchev–Trinajstić information content (AvgIpc) is 3.26. The van der Waals surface area contributed by atoms with Crippen LogP contribution in [0, 0.1) is 6.92 Å². The predicted octanol–water partition coefficient (Wildman–Crippen LogP) is 4.22. The van der Waals surface area contributed by atoms with Crippen molar-refractivity contribution >= 4 is 27.3 Å². The molecule has 0 saturated carbocycles. The summed E-state index contributed by atoms with van der Waals surface area (Å²) in [7, 11) is -3.76. The van der Waals surface area contributed by atoms with E-state index in [4.69, 9.17) is 16.3 Å². The molecular weight excluding hydrogens is 426 g/mol. The van der Waals surface area contributed by atoms with E-state index in [2.05, 4.69) is 19.8 Å². The van der Waals surface area contributed by atoms with Crippen molar-refractivity contribution in [2.75, 3.05) is 4.72 Å². The highest BCUT2D eigenvalue weighted by Crippen LogP contribution is 2.25. The van der Waals surface area contributed by atoms with Crippen LogP contribution in [0.3, 0.4) is 0 Å². The number of hydrogen-bond acceptors (Lipinski definition) is 6. The smallest absolute Gasteiger partial charge is 0.261 e. The highest BCUT2D eigenvalue weighted by molar-refractivity contribution is 7.92. The van der Waals surface area contributed by atoms with Crippen LogP contribution >= 0.6 is 11.6 Å². The van der Waals surface area contributed by atoms with Crippen molar-refractivity contribution in [1.82, 2.24) is 19.7 Å². The molecule has 8 nitrogen and oxygen atoms in total. The Morgan fingerprint density at radius 3 is 2.57 bits per heavy atom. The number of hydrogen-bond donors (Lipinski definition) is 1. The summed E-state index contributed by atoms with van der Waals surface area (Å²) in [5.41, 5.74) is 1.19. The summed E-state index contributed by atoms with van der Waals surface area (Å²) in [6.45, 7) is 1.81. The zero-order chi connectivity index (χ0) is 21.1. The number of anilines is 1. The number of nitrogens with one attached hydrogen (secondary N) is 1. The Morgan fingerprint density at radius 1 is 1.07 bits per heavy atom. The SMILES string of the molecule is Cc1ccc(S(=O)(=O)Nc2ccc(Oc3cc(-n4cccn4)ncn3)cc2)cc1Cl. The Kier molecular flexibility index (Phi) is 5.39. The van der Waals surface area contributed by atoms with E-state index < -0.39 is 10.0 Å².